The smallest absolute Gasteiger partial charge is 0.0698 e. The third-order valence-corrected chi connectivity index (χ3v) is 3.40. The predicted octanol–water partition coefficient (Wildman–Crippen LogP) is 1.94. The largest absolute Gasteiger partial charge is 0.322 e. The van der Waals surface area contributed by atoms with E-state index in [1.807, 2.05) is 23.5 Å². The van der Waals surface area contributed by atoms with E-state index in [1.165, 1.54) is 0 Å². The van der Waals surface area contributed by atoms with Crippen LogP contribution in [0, 0.1) is 0 Å². The lowest BCUT2D eigenvalue weighted by atomic mass is 10.2. The number of rotatable bonds is 4. The molecule has 13 heavy (non-hydrogen) atoms. The molecule has 0 bridgehead atoms. The first-order valence-corrected chi connectivity index (χ1v) is 6.12. The number of aryl methyl sites for hydroxylation is 1. The Labute approximate surface area is 91.2 Å². The summed E-state index contributed by atoms with van der Waals surface area (Å²) >= 11 is 5.28. The van der Waals surface area contributed by atoms with Gasteiger partial charge in [-0.1, -0.05) is 6.92 Å². The minimum Gasteiger partial charge on any atom is -0.322 e. The number of aromatic nitrogens is 2. The average Bonchev–Trinajstić information content (AvgIpc) is 2.42. The molecule has 2 N–H and O–H groups in total. The maximum absolute atomic E-state index is 6.02. The molecular formula is C8H14BrN3S. The van der Waals surface area contributed by atoms with Gasteiger partial charge in [0.15, 0.2) is 0 Å². The van der Waals surface area contributed by atoms with Gasteiger partial charge in [-0.25, -0.2) is 0 Å². The van der Waals surface area contributed by atoms with Gasteiger partial charge in [-0.05, 0) is 21.7 Å². The lowest BCUT2D eigenvalue weighted by molar-refractivity contribution is 0.657. The Morgan fingerprint density at radius 3 is 2.92 bits per heavy atom. The van der Waals surface area contributed by atoms with Crippen LogP contribution in [0.2, 0.25) is 0 Å². The molecule has 1 heterocycles. The summed E-state index contributed by atoms with van der Waals surface area (Å²) in [6.45, 7) is 2.13. The fourth-order valence-corrected chi connectivity index (χ4v) is 2.45. The highest BCUT2D eigenvalue weighted by Crippen LogP contribution is 2.23. The van der Waals surface area contributed by atoms with Crippen LogP contribution < -0.4 is 5.73 Å². The van der Waals surface area contributed by atoms with E-state index in [9.17, 15) is 0 Å². The summed E-state index contributed by atoms with van der Waals surface area (Å²) in [4.78, 5) is 0. The standard InChI is InChI=1S/C8H14BrN3S/c1-3-13-5-7(10)8-6(9)4-11-12(8)2/h4,7H,3,5,10H2,1-2H3. The number of halogens is 1. The number of nitrogens with zero attached hydrogens (tertiary/aromatic N) is 2. The van der Waals surface area contributed by atoms with Crippen LogP contribution in [0.25, 0.3) is 0 Å². The predicted molar refractivity (Wildman–Crippen MR) is 60.8 cm³/mol. The van der Waals surface area contributed by atoms with Crippen molar-refractivity contribution in [1.29, 1.82) is 0 Å². The Kier molecular flexibility index (Phi) is 4.28. The molecular weight excluding hydrogens is 250 g/mol. The molecule has 0 saturated heterocycles. The van der Waals surface area contributed by atoms with E-state index < -0.39 is 0 Å². The van der Waals surface area contributed by atoms with Crippen molar-refractivity contribution < 1.29 is 0 Å². The summed E-state index contributed by atoms with van der Waals surface area (Å²) in [5, 5.41) is 4.13. The molecule has 0 aromatic carbocycles. The van der Waals surface area contributed by atoms with Gasteiger partial charge in [-0.15, -0.1) is 0 Å². The van der Waals surface area contributed by atoms with E-state index >= 15 is 0 Å². The molecule has 0 amide bonds. The van der Waals surface area contributed by atoms with Crippen molar-refractivity contribution in [2.24, 2.45) is 12.8 Å². The summed E-state index contributed by atoms with van der Waals surface area (Å²) in [7, 11) is 1.91. The SMILES string of the molecule is CCSCC(N)c1c(Br)cnn1C. The first kappa shape index (κ1) is 11.1. The van der Waals surface area contributed by atoms with Gasteiger partial charge in [0.05, 0.1) is 22.4 Å². The van der Waals surface area contributed by atoms with Crippen LogP contribution in [0.3, 0.4) is 0 Å². The first-order valence-electron chi connectivity index (χ1n) is 4.17. The maximum Gasteiger partial charge on any atom is 0.0698 e. The topological polar surface area (TPSA) is 43.8 Å². The fourth-order valence-electron chi connectivity index (χ4n) is 1.16. The van der Waals surface area contributed by atoms with Gasteiger partial charge in [0.2, 0.25) is 0 Å². The second kappa shape index (κ2) is 5.02. The quantitative estimate of drug-likeness (QED) is 0.903. The maximum atomic E-state index is 6.02. The van der Waals surface area contributed by atoms with Gasteiger partial charge in [-0.2, -0.15) is 16.9 Å². The van der Waals surface area contributed by atoms with Crippen molar-refractivity contribution in [3.63, 3.8) is 0 Å². The zero-order chi connectivity index (χ0) is 9.84. The molecule has 3 nitrogen and oxygen atoms in total. The fraction of sp³-hybridized carbons (Fsp3) is 0.625. The van der Waals surface area contributed by atoms with E-state index in [0.29, 0.717) is 0 Å². The van der Waals surface area contributed by atoms with Crippen LogP contribution in [0.4, 0.5) is 0 Å². The molecule has 0 aliphatic carbocycles. The highest BCUT2D eigenvalue weighted by Gasteiger charge is 2.13. The minimum atomic E-state index is 0.0619. The normalized spacial score (nSPS) is 13.2. The number of thioether (sulfide) groups is 1. The van der Waals surface area contributed by atoms with Crippen LogP contribution in [-0.2, 0) is 7.05 Å². The molecule has 0 aliphatic rings. The van der Waals surface area contributed by atoms with E-state index in [-0.39, 0.29) is 6.04 Å². The zero-order valence-corrected chi connectivity index (χ0v) is 10.2. The molecule has 0 radical (unpaired) electrons. The molecule has 1 aromatic heterocycles. The van der Waals surface area contributed by atoms with Crippen LogP contribution in [0.5, 0.6) is 0 Å². The molecule has 0 aliphatic heterocycles. The van der Waals surface area contributed by atoms with Gasteiger partial charge in [-0.3, -0.25) is 4.68 Å². The van der Waals surface area contributed by atoms with Crippen LogP contribution in [0.15, 0.2) is 10.7 Å². The van der Waals surface area contributed by atoms with Crippen molar-refractivity contribution in [2.45, 2.75) is 13.0 Å². The van der Waals surface area contributed by atoms with E-state index in [1.54, 1.807) is 6.20 Å². The number of hydrogen-bond acceptors (Lipinski definition) is 3. The molecule has 1 atom stereocenters. The van der Waals surface area contributed by atoms with E-state index in [2.05, 4.69) is 28.0 Å². The Balaban J connectivity index is 2.69. The highest BCUT2D eigenvalue weighted by molar-refractivity contribution is 9.10. The molecule has 74 valence electrons. The third-order valence-electron chi connectivity index (χ3n) is 1.79. The van der Waals surface area contributed by atoms with Gasteiger partial charge in [0.25, 0.3) is 0 Å². The summed E-state index contributed by atoms with van der Waals surface area (Å²) in [6, 6.07) is 0.0619. The Hall–Kier alpha value is 0. The zero-order valence-electron chi connectivity index (χ0n) is 7.83. The minimum absolute atomic E-state index is 0.0619. The monoisotopic (exact) mass is 263 g/mol. The molecule has 1 unspecified atom stereocenters. The van der Waals surface area contributed by atoms with Crippen molar-refractivity contribution in [2.75, 3.05) is 11.5 Å². The highest BCUT2D eigenvalue weighted by atomic mass is 79.9. The van der Waals surface area contributed by atoms with Crippen molar-refractivity contribution >= 4 is 27.7 Å². The van der Waals surface area contributed by atoms with Gasteiger partial charge < -0.3 is 5.73 Å². The Morgan fingerprint density at radius 2 is 2.46 bits per heavy atom. The molecule has 0 spiro atoms. The van der Waals surface area contributed by atoms with E-state index in [4.69, 9.17) is 5.73 Å². The summed E-state index contributed by atoms with van der Waals surface area (Å²) in [5.41, 5.74) is 7.09. The Morgan fingerprint density at radius 1 is 1.77 bits per heavy atom. The van der Waals surface area contributed by atoms with Gasteiger partial charge >= 0.3 is 0 Å². The van der Waals surface area contributed by atoms with E-state index in [0.717, 1.165) is 21.7 Å². The first-order chi connectivity index (χ1) is 6.16. The van der Waals surface area contributed by atoms with Crippen LogP contribution in [-0.4, -0.2) is 21.3 Å². The summed E-state index contributed by atoms with van der Waals surface area (Å²) < 4.78 is 2.82. The van der Waals surface area contributed by atoms with Gasteiger partial charge in [0, 0.05) is 12.8 Å². The molecule has 0 saturated carbocycles. The van der Waals surface area contributed by atoms with Crippen molar-refractivity contribution in [3.8, 4) is 0 Å². The van der Waals surface area contributed by atoms with Crippen LogP contribution in [0.1, 0.15) is 18.7 Å². The summed E-state index contributed by atoms with van der Waals surface area (Å²) in [5.74, 6) is 2.04. The summed E-state index contributed by atoms with van der Waals surface area (Å²) in [6.07, 6.45) is 1.78. The number of nitrogens with two attached hydrogens (primary N) is 1. The van der Waals surface area contributed by atoms with Crippen molar-refractivity contribution in [1.82, 2.24) is 9.78 Å². The lowest BCUT2D eigenvalue weighted by Crippen LogP contribution is -2.17. The molecule has 5 heteroatoms. The second-order valence-electron chi connectivity index (χ2n) is 2.77. The average molecular weight is 264 g/mol. The molecule has 1 rings (SSSR count). The lowest BCUT2D eigenvalue weighted by Gasteiger charge is -2.11. The van der Waals surface area contributed by atoms with Gasteiger partial charge in [0.1, 0.15) is 0 Å². The number of hydrogen-bond donors (Lipinski definition) is 1. The second-order valence-corrected chi connectivity index (χ2v) is 4.94. The Bertz CT molecular complexity index is 255. The molecule has 0 fully saturated rings. The van der Waals surface area contributed by atoms with Crippen molar-refractivity contribution in [3.05, 3.63) is 16.4 Å². The third kappa shape index (κ3) is 2.72. The molecule has 1 aromatic rings. The van der Waals surface area contributed by atoms with Crippen LogP contribution >= 0.6 is 27.7 Å².